The van der Waals surface area contributed by atoms with Crippen molar-refractivity contribution in [1.29, 1.82) is 5.26 Å². The minimum absolute atomic E-state index is 0.0313. The monoisotopic (exact) mass is 334 g/mol. The quantitative estimate of drug-likeness (QED) is 0.698. The molecule has 0 radical (unpaired) electrons. The Morgan fingerprint density at radius 1 is 1.17 bits per heavy atom. The van der Waals surface area contributed by atoms with Crippen LogP contribution in [-0.2, 0) is 6.42 Å². The molecule has 4 heteroatoms. The standard InChI is InChI=1S/C20H18N2OS/c1-22-10-8-14-9-11-24-20(14)19(13-22)23-18-7-6-15(12-21)16-4-2-3-5-17(16)18/h2-7,9,11,19H,8,10,13H2,1H3. The Hall–Kier alpha value is -2.35. The summed E-state index contributed by atoms with van der Waals surface area (Å²) in [7, 11) is 2.14. The Bertz CT molecular complexity index is 925. The van der Waals surface area contributed by atoms with Crippen LogP contribution in [0.5, 0.6) is 5.75 Å². The fourth-order valence-corrected chi connectivity index (χ4v) is 4.30. The third-order valence-electron chi connectivity index (χ3n) is 4.59. The maximum atomic E-state index is 9.33. The Balaban J connectivity index is 1.76. The van der Waals surface area contributed by atoms with E-state index in [1.165, 1.54) is 10.4 Å². The molecule has 1 aliphatic heterocycles. The summed E-state index contributed by atoms with van der Waals surface area (Å²) >= 11 is 1.78. The molecule has 0 N–H and O–H groups in total. The van der Waals surface area contributed by atoms with Crippen LogP contribution >= 0.6 is 11.3 Å². The highest BCUT2D eigenvalue weighted by atomic mass is 32.1. The van der Waals surface area contributed by atoms with E-state index >= 15 is 0 Å². The number of fused-ring (bicyclic) bond motifs is 2. The third kappa shape index (κ3) is 2.66. The molecule has 0 aliphatic carbocycles. The number of nitrogens with zero attached hydrogens (tertiary/aromatic N) is 2. The maximum absolute atomic E-state index is 9.33. The molecule has 0 saturated heterocycles. The normalized spacial score (nSPS) is 17.9. The van der Waals surface area contributed by atoms with E-state index in [1.54, 1.807) is 11.3 Å². The number of ether oxygens (including phenoxy) is 1. The first-order chi connectivity index (χ1) is 11.8. The molecule has 3 nitrogen and oxygen atoms in total. The largest absolute Gasteiger partial charge is 0.483 e. The Labute approximate surface area is 145 Å². The summed E-state index contributed by atoms with van der Waals surface area (Å²) in [5.74, 6) is 0.851. The molecule has 0 bridgehead atoms. The van der Waals surface area contributed by atoms with E-state index in [0.717, 1.165) is 36.0 Å². The molecule has 0 amide bonds. The van der Waals surface area contributed by atoms with E-state index in [-0.39, 0.29) is 6.10 Å². The van der Waals surface area contributed by atoms with E-state index in [9.17, 15) is 5.26 Å². The van der Waals surface area contributed by atoms with Crippen LogP contribution in [-0.4, -0.2) is 25.0 Å². The number of thiophene rings is 1. The van der Waals surface area contributed by atoms with Gasteiger partial charge in [-0.3, -0.25) is 0 Å². The van der Waals surface area contributed by atoms with Crippen molar-refractivity contribution < 1.29 is 4.74 Å². The summed E-state index contributed by atoms with van der Waals surface area (Å²) in [6.45, 7) is 1.93. The Morgan fingerprint density at radius 2 is 2.00 bits per heavy atom. The van der Waals surface area contributed by atoms with Crippen LogP contribution in [0.1, 0.15) is 22.1 Å². The fraction of sp³-hybridized carbons (Fsp3) is 0.250. The van der Waals surface area contributed by atoms with Crippen molar-refractivity contribution in [3.05, 3.63) is 63.8 Å². The van der Waals surface area contributed by atoms with Gasteiger partial charge in [0.25, 0.3) is 0 Å². The fourth-order valence-electron chi connectivity index (χ4n) is 3.32. The van der Waals surface area contributed by atoms with Crippen molar-refractivity contribution in [3.8, 4) is 11.8 Å². The lowest BCUT2D eigenvalue weighted by Crippen LogP contribution is -2.26. The summed E-state index contributed by atoms with van der Waals surface area (Å²) in [4.78, 5) is 3.65. The predicted octanol–water partition coefficient (Wildman–Crippen LogP) is 4.38. The van der Waals surface area contributed by atoms with Crippen LogP contribution < -0.4 is 4.74 Å². The second-order valence-corrected chi connectivity index (χ2v) is 7.15. The van der Waals surface area contributed by atoms with Gasteiger partial charge in [-0.25, -0.2) is 0 Å². The lowest BCUT2D eigenvalue weighted by Gasteiger charge is -2.22. The van der Waals surface area contributed by atoms with Gasteiger partial charge >= 0.3 is 0 Å². The minimum atomic E-state index is 0.0313. The molecule has 0 fully saturated rings. The molecule has 1 aliphatic rings. The molecule has 120 valence electrons. The van der Waals surface area contributed by atoms with Gasteiger partial charge in [0.2, 0.25) is 0 Å². The highest BCUT2D eigenvalue weighted by Crippen LogP contribution is 2.35. The molecule has 3 aromatic rings. The molecule has 1 unspecified atom stereocenters. The molecule has 24 heavy (non-hydrogen) atoms. The predicted molar refractivity (Wildman–Crippen MR) is 97.6 cm³/mol. The average Bonchev–Trinajstić information content (AvgIpc) is 3.03. The average molecular weight is 334 g/mol. The van der Waals surface area contributed by atoms with E-state index < -0.39 is 0 Å². The first-order valence-corrected chi connectivity index (χ1v) is 8.97. The van der Waals surface area contributed by atoms with Crippen molar-refractivity contribution in [2.75, 3.05) is 20.1 Å². The van der Waals surface area contributed by atoms with Crippen LogP contribution in [0.15, 0.2) is 47.8 Å². The van der Waals surface area contributed by atoms with Gasteiger partial charge in [0.05, 0.1) is 11.6 Å². The molecule has 1 atom stereocenters. The van der Waals surface area contributed by atoms with Gasteiger partial charge in [0.1, 0.15) is 11.9 Å². The molecule has 2 heterocycles. The van der Waals surface area contributed by atoms with E-state index in [4.69, 9.17) is 4.74 Å². The number of nitriles is 1. The van der Waals surface area contributed by atoms with Crippen LogP contribution in [0.25, 0.3) is 10.8 Å². The van der Waals surface area contributed by atoms with Crippen LogP contribution in [0.3, 0.4) is 0 Å². The molecule has 4 rings (SSSR count). The summed E-state index contributed by atoms with van der Waals surface area (Å²) in [5, 5.41) is 13.4. The van der Waals surface area contributed by atoms with Gasteiger partial charge in [-0.05, 0) is 42.6 Å². The number of hydrogen-bond acceptors (Lipinski definition) is 4. The summed E-state index contributed by atoms with van der Waals surface area (Å²) in [6.07, 6.45) is 1.10. The minimum Gasteiger partial charge on any atom is -0.483 e. The van der Waals surface area contributed by atoms with Gasteiger partial charge in [-0.2, -0.15) is 5.26 Å². The molecule has 0 spiro atoms. The maximum Gasteiger partial charge on any atom is 0.146 e. The first-order valence-electron chi connectivity index (χ1n) is 8.09. The third-order valence-corrected chi connectivity index (χ3v) is 5.64. The number of benzene rings is 2. The molecule has 1 aromatic heterocycles. The van der Waals surface area contributed by atoms with E-state index in [0.29, 0.717) is 5.56 Å². The zero-order valence-corrected chi connectivity index (χ0v) is 14.3. The lowest BCUT2D eigenvalue weighted by molar-refractivity contribution is 0.161. The molecular formula is C20H18N2OS. The van der Waals surface area contributed by atoms with E-state index in [1.807, 2.05) is 36.4 Å². The Kier molecular flexibility index (Phi) is 3.97. The van der Waals surface area contributed by atoms with Gasteiger partial charge in [-0.15, -0.1) is 11.3 Å². The van der Waals surface area contributed by atoms with Crippen LogP contribution in [0, 0.1) is 11.3 Å². The second-order valence-electron chi connectivity index (χ2n) is 6.20. The first kappa shape index (κ1) is 15.2. The van der Waals surface area contributed by atoms with E-state index in [2.05, 4.69) is 29.5 Å². The molecular weight excluding hydrogens is 316 g/mol. The highest BCUT2D eigenvalue weighted by molar-refractivity contribution is 7.10. The van der Waals surface area contributed by atoms with Crippen LogP contribution in [0.4, 0.5) is 0 Å². The van der Waals surface area contributed by atoms with Gasteiger partial charge in [0.15, 0.2) is 0 Å². The van der Waals surface area contributed by atoms with Crippen molar-refractivity contribution in [2.45, 2.75) is 12.5 Å². The molecule has 2 aromatic carbocycles. The van der Waals surface area contributed by atoms with Gasteiger partial charge in [-0.1, -0.05) is 24.3 Å². The summed E-state index contributed by atoms with van der Waals surface area (Å²) in [5.41, 5.74) is 2.08. The summed E-state index contributed by atoms with van der Waals surface area (Å²) < 4.78 is 6.46. The SMILES string of the molecule is CN1CCc2ccsc2C(Oc2ccc(C#N)c3ccccc23)C1. The smallest absolute Gasteiger partial charge is 0.146 e. The van der Waals surface area contributed by atoms with Crippen molar-refractivity contribution >= 4 is 22.1 Å². The van der Waals surface area contributed by atoms with Gasteiger partial charge in [0, 0.05) is 28.7 Å². The summed E-state index contributed by atoms with van der Waals surface area (Å²) in [6, 6.07) is 16.2. The lowest BCUT2D eigenvalue weighted by atomic mass is 10.0. The number of rotatable bonds is 2. The van der Waals surface area contributed by atoms with Crippen molar-refractivity contribution in [1.82, 2.24) is 4.90 Å². The number of likely N-dealkylation sites (N-methyl/N-ethyl adjacent to an activating group) is 1. The van der Waals surface area contributed by atoms with Crippen LogP contribution in [0.2, 0.25) is 0 Å². The molecule has 0 saturated carbocycles. The second kappa shape index (κ2) is 6.27. The highest BCUT2D eigenvalue weighted by Gasteiger charge is 2.24. The van der Waals surface area contributed by atoms with Gasteiger partial charge < -0.3 is 9.64 Å². The zero-order chi connectivity index (χ0) is 16.5. The number of hydrogen-bond donors (Lipinski definition) is 0. The Morgan fingerprint density at radius 3 is 2.83 bits per heavy atom. The van der Waals surface area contributed by atoms with Crippen molar-refractivity contribution in [3.63, 3.8) is 0 Å². The topological polar surface area (TPSA) is 36.3 Å². The zero-order valence-electron chi connectivity index (χ0n) is 13.5. The van der Waals surface area contributed by atoms with Crippen molar-refractivity contribution in [2.24, 2.45) is 0 Å².